The maximum atomic E-state index is 12.8. The third-order valence-corrected chi connectivity index (χ3v) is 2.75. The van der Waals surface area contributed by atoms with Gasteiger partial charge in [0, 0.05) is 11.3 Å². The predicted molar refractivity (Wildman–Crippen MR) is 68.2 cm³/mol. The van der Waals surface area contributed by atoms with Gasteiger partial charge in [0.2, 0.25) is 5.82 Å². The van der Waals surface area contributed by atoms with Crippen molar-refractivity contribution < 1.29 is 18.3 Å². The highest BCUT2D eigenvalue weighted by Crippen LogP contribution is 2.30. The lowest BCUT2D eigenvalue weighted by Gasteiger charge is -2.12. The molecule has 0 bridgehead atoms. The highest BCUT2D eigenvalue weighted by Gasteiger charge is 2.35. The number of hydrogen-bond donors (Lipinski definition) is 1. The van der Waals surface area contributed by atoms with Gasteiger partial charge in [-0.1, -0.05) is 13.8 Å². The number of phenolic OH excluding ortho intramolecular Hbond substituents is 1. The molecule has 2 rings (SSSR count). The van der Waals surface area contributed by atoms with Gasteiger partial charge in [-0.3, -0.25) is 0 Å². The molecule has 1 aromatic heterocycles. The average Bonchev–Trinajstić information content (AvgIpc) is 2.38. The molecule has 0 spiro atoms. The molecule has 1 N–H and O–H groups in total. The molecule has 106 valence electrons. The van der Waals surface area contributed by atoms with E-state index >= 15 is 0 Å². The lowest BCUT2D eigenvalue weighted by Crippen LogP contribution is -2.13. The molecular weight excluding hydrogens is 269 g/mol. The summed E-state index contributed by atoms with van der Waals surface area (Å²) in [6, 6.07) is 7.37. The summed E-state index contributed by atoms with van der Waals surface area (Å²) in [6.45, 7) is 3.53. The van der Waals surface area contributed by atoms with Gasteiger partial charge in [-0.25, -0.2) is 9.97 Å². The maximum Gasteiger partial charge on any atom is 0.451 e. The van der Waals surface area contributed by atoms with E-state index in [0.29, 0.717) is 11.3 Å². The van der Waals surface area contributed by atoms with Crippen LogP contribution in [0, 0.1) is 0 Å². The topological polar surface area (TPSA) is 46.0 Å². The summed E-state index contributed by atoms with van der Waals surface area (Å²) >= 11 is 0. The molecule has 0 amide bonds. The van der Waals surface area contributed by atoms with Gasteiger partial charge in [-0.05, 0) is 36.2 Å². The fourth-order valence-corrected chi connectivity index (χ4v) is 1.67. The molecule has 0 fully saturated rings. The third kappa shape index (κ3) is 3.07. The largest absolute Gasteiger partial charge is 0.508 e. The first-order chi connectivity index (χ1) is 9.27. The SMILES string of the molecule is CC(C)c1cc(-c2ccc(O)cc2)nc(C(F)(F)F)n1. The quantitative estimate of drug-likeness (QED) is 0.905. The summed E-state index contributed by atoms with van der Waals surface area (Å²) in [5.41, 5.74) is 1.02. The molecule has 6 heteroatoms. The van der Waals surface area contributed by atoms with E-state index in [1.165, 1.54) is 30.3 Å². The van der Waals surface area contributed by atoms with Crippen LogP contribution in [0.5, 0.6) is 5.75 Å². The van der Waals surface area contributed by atoms with Crippen molar-refractivity contribution in [2.45, 2.75) is 25.9 Å². The van der Waals surface area contributed by atoms with E-state index in [2.05, 4.69) is 9.97 Å². The van der Waals surface area contributed by atoms with Gasteiger partial charge < -0.3 is 5.11 Å². The Balaban J connectivity index is 2.57. The van der Waals surface area contributed by atoms with Crippen LogP contribution in [0.2, 0.25) is 0 Å². The Labute approximate surface area is 114 Å². The van der Waals surface area contributed by atoms with Crippen LogP contribution in [0.15, 0.2) is 30.3 Å². The van der Waals surface area contributed by atoms with Gasteiger partial charge in [0.1, 0.15) is 5.75 Å². The lowest BCUT2D eigenvalue weighted by molar-refractivity contribution is -0.145. The number of aromatic hydroxyl groups is 1. The highest BCUT2D eigenvalue weighted by molar-refractivity contribution is 5.60. The first-order valence-electron chi connectivity index (χ1n) is 6.03. The van der Waals surface area contributed by atoms with Crippen molar-refractivity contribution in [3.8, 4) is 17.0 Å². The van der Waals surface area contributed by atoms with Crippen LogP contribution >= 0.6 is 0 Å². The Hall–Kier alpha value is -2.11. The van der Waals surface area contributed by atoms with Crippen LogP contribution in [-0.2, 0) is 6.18 Å². The van der Waals surface area contributed by atoms with Crippen molar-refractivity contribution in [2.75, 3.05) is 0 Å². The summed E-state index contributed by atoms with van der Waals surface area (Å²) in [7, 11) is 0. The second kappa shape index (κ2) is 5.11. The van der Waals surface area contributed by atoms with Crippen molar-refractivity contribution in [1.82, 2.24) is 9.97 Å². The molecule has 0 atom stereocenters. The Morgan fingerprint density at radius 2 is 1.65 bits per heavy atom. The average molecular weight is 282 g/mol. The van der Waals surface area contributed by atoms with Gasteiger partial charge in [-0.2, -0.15) is 13.2 Å². The summed E-state index contributed by atoms with van der Waals surface area (Å²) in [4.78, 5) is 7.13. The van der Waals surface area contributed by atoms with Crippen LogP contribution in [0.3, 0.4) is 0 Å². The van der Waals surface area contributed by atoms with E-state index in [0.717, 1.165) is 0 Å². The Morgan fingerprint density at radius 3 is 2.15 bits per heavy atom. The number of hydrogen-bond acceptors (Lipinski definition) is 3. The minimum atomic E-state index is -4.59. The van der Waals surface area contributed by atoms with Gasteiger partial charge in [-0.15, -0.1) is 0 Å². The van der Waals surface area contributed by atoms with Gasteiger partial charge >= 0.3 is 6.18 Å². The first-order valence-corrected chi connectivity index (χ1v) is 6.03. The minimum absolute atomic E-state index is 0.0444. The Bertz CT molecular complexity index is 607. The summed E-state index contributed by atoms with van der Waals surface area (Å²) in [5.74, 6) is -1.25. The predicted octanol–water partition coefficient (Wildman–Crippen LogP) is 3.99. The normalized spacial score (nSPS) is 11.9. The molecule has 20 heavy (non-hydrogen) atoms. The number of rotatable bonds is 2. The van der Waals surface area contributed by atoms with E-state index in [1.54, 1.807) is 13.8 Å². The Morgan fingerprint density at radius 1 is 1.05 bits per heavy atom. The zero-order valence-electron chi connectivity index (χ0n) is 10.9. The van der Waals surface area contributed by atoms with Crippen LogP contribution in [0.1, 0.15) is 31.3 Å². The first kappa shape index (κ1) is 14.3. The van der Waals surface area contributed by atoms with Crippen molar-refractivity contribution in [2.24, 2.45) is 0 Å². The van der Waals surface area contributed by atoms with Gasteiger partial charge in [0.15, 0.2) is 0 Å². The smallest absolute Gasteiger partial charge is 0.451 e. The van der Waals surface area contributed by atoms with E-state index < -0.39 is 12.0 Å². The molecule has 0 aliphatic heterocycles. The van der Waals surface area contributed by atoms with Crippen LogP contribution in [0.25, 0.3) is 11.3 Å². The van der Waals surface area contributed by atoms with Crippen molar-refractivity contribution >= 4 is 0 Å². The summed E-state index contributed by atoms with van der Waals surface area (Å²) in [5, 5.41) is 9.22. The molecule has 3 nitrogen and oxygen atoms in total. The molecule has 0 aliphatic carbocycles. The summed E-state index contributed by atoms with van der Waals surface area (Å²) in [6.07, 6.45) is -4.59. The van der Waals surface area contributed by atoms with E-state index in [-0.39, 0.29) is 17.4 Å². The molecule has 0 aliphatic rings. The summed E-state index contributed by atoms with van der Waals surface area (Å²) < 4.78 is 38.5. The van der Waals surface area contributed by atoms with Crippen molar-refractivity contribution in [3.05, 3.63) is 41.9 Å². The molecule has 0 saturated carbocycles. The minimum Gasteiger partial charge on any atom is -0.508 e. The van der Waals surface area contributed by atoms with Crippen LogP contribution < -0.4 is 0 Å². The number of nitrogens with zero attached hydrogens (tertiary/aromatic N) is 2. The van der Waals surface area contributed by atoms with Crippen LogP contribution in [0.4, 0.5) is 13.2 Å². The number of alkyl halides is 3. The molecular formula is C14H13F3N2O. The Kier molecular flexibility index (Phi) is 3.65. The van der Waals surface area contributed by atoms with E-state index in [4.69, 9.17) is 0 Å². The molecule has 1 aromatic carbocycles. The standard InChI is InChI=1S/C14H13F3N2O/c1-8(2)11-7-12(9-3-5-10(20)6-4-9)19-13(18-11)14(15,16)17/h3-8,20H,1-2H3. The van der Waals surface area contributed by atoms with Crippen LogP contribution in [-0.4, -0.2) is 15.1 Å². The molecule has 0 radical (unpaired) electrons. The lowest BCUT2D eigenvalue weighted by atomic mass is 10.1. The number of aromatic nitrogens is 2. The van der Waals surface area contributed by atoms with E-state index in [1.807, 2.05) is 0 Å². The second-order valence-corrected chi connectivity index (χ2v) is 4.70. The second-order valence-electron chi connectivity index (χ2n) is 4.70. The number of halogens is 3. The van der Waals surface area contributed by atoms with Crippen molar-refractivity contribution in [3.63, 3.8) is 0 Å². The zero-order valence-corrected chi connectivity index (χ0v) is 10.9. The highest BCUT2D eigenvalue weighted by atomic mass is 19.4. The number of benzene rings is 1. The third-order valence-electron chi connectivity index (χ3n) is 2.75. The molecule has 1 heterocycles. The maximum absolute atomic E-state index is 12.8. The zero-order chi connectivity index (χ0) is 14.9. The van der Waals surface area contributed by atoms with Gasteiger partial charge in [0.05, 0.1) is 5.69 Å². The fourth-order valence-electron chi connectivity index (χ4n) is 1.67. The monoisotopic (exact) mass is 282 g/mol. The molecule has 2 aromatic rings. The molecule has 0 saturated heterocycles. The molecule has 0 unspecified atom stereocenters. The van der Waals surface area contributed by atoms with E-state index in [9.17, 15) is 18.3 Å². The fraction of sp³-hybridized carbons (Fsp3) is 0.286. The number of phenols is 1. The van der Waals surface area contributed by atoms with Gasteiger partial charge in [0.25, 0.3) is 0 Å². The van der Waals surface area contributed by atoms with Crippen molar-refractivity contribution in [1.29, 1.82) is 0 Å².